The third kappa shape index (κ3) is 3.53. The number of aromatic amines is 1. The number of aromatic nitrogens is 4. The van der Waals surface area contributed by atoms with Crippen LogP contribution in [0.4, 0.5) is 5.82 Å². The summed E-state index contributed by atoms with van der Waals surface area (Å²) in [5.41, 5.74) is 2.53. The van der Waals surface area contributed by atoms with E-state index in [0.717, 1.165) is 25.1 Å². The standard InChI is InChI=1S/C13H17N5O2/c1-9-10(8-15-16-9)4-3-7-14-12-6-5-11(17-18-12)13(19)20-2/h5-6,8H,3-4,7H2,1-2H3,(H,14,18)(H,15,16). The van der Waals surface area contributed by atoms with Crippen LogP contribution in [0.2, 0.25) is 0 Å². The molecule has 0 spiro atoms. The van der Waals surface area contributed by atoms with E-state index in [1.165, 1.54) is 12.7 Å². The normalized spacial score (nSPS) is 10.3. The number of aryl methyl sites for hydroxylation is 2. The summed E-state index contributed by atoms with van der Waals surface area (Å²) in [7, 11) is 1.31. The number of rotatable bonds is 6. The highest BCUT2D eigenvalue weighted by atomic mass is 16.5. The summed E-state index contributed by atoms with van der Waals surface area (Å²) in [6.07, 6.45) is 3.75. The molecule has 0 atom stereocenters. The van der Waals surface area contributed by atoms with Crippen LogP contribution < -0.4 is 5.32 Å². The van der Waals surface area contributed by atoms with Crippen LogP contribution in [0.25, 0.3) is 0 Å². The van der Waals surface area contributed by atoms with Gasteiger partial charge in [-0.3, -0.25) is 5.10 Å². The van der Waals surface area contributed by atoms with Crippen molar-refractivity contribution in [2.45, 2.75) is 19.8 Å². The van der Waals surface area contributed by atoms with Crippen molar-refractivity contribution >= 4 is 11.8 Å². The molecule has 2 rings (SSSR count). The van der Waals surface area contributed by atoms with Crippen molar-refractivity contribution in [3.05, 3.63) is 35.3 Å². The van der Waals surface area contributed by atoms with Crippen LogP contribution in [-0.2, 0) is 11.2 Å². The van der Waals surface area contributed by atoms with Crippen molar-refractivity contribution in [2.24, 2.45) is 0 Å². The van der Waals surface area contributed by atoms with Gasteiger partial charge in [0.2, 0.25) is 0 Å². The predicted molar refractivity (Wildman–Crippen MR) is 73.5 cm³/mol. The molecule has 7 nitrogen and oxygen atoms in total. The molecule has 0 aliphatic rings. The number of nitrogens with one attached hydrogen (secondary N) is 2. The Labute approximate surface area is 116 Å². The molecule has 20 heavy (non-hydrogen) atoms. The Bertz CT molecular complexity index is 564. The molecule has 0 aliphatic heterocycles. The Balaban J connectivity index is 1.77. The number of nitrogens with zero attached hydrogens (tertiary/aromatic N) is 3. The zero-order chi connectivity index (χ0) is 14.4. The van der Waals surface area contributed by atoms with Gasteiger partial charge in [-0.1, -0.05) is 0 Å². The van der Waals surface area contributed by atoms with Crippen LogP contribution in [0.15, 0.2) is 18.3 Å². The van der Waals surface area contributed by atoms with Gasteiger partial charge in [-0.25, -0.2) is 4.79 Å². The van der Waals surface area contributed by atoms with E-state index >= 15 is 0 Å². The summed E-state index contributed by atoms with van der Waals surface area (Å²) >= 11 is 0. The lowest BCUT2D eigenvalue weighted by Crippen LogP contribution is -2.09. The first kappa shape index (κ1) is 14.0. The van der Waals surface area contributed by atoms with Gasteiger partial charge < -0.3 is 10.1 Å². The van der Waals surface area contributed by atoms with E-state index in [4.69, 9.17) is 0 Å². The van der Waals surface area contributed by atoms with E-state index in [2.05, 4.69) is 30.4 Å². The highest BCUT2D eigenvalue weighted by Gasteiger charge is 2.07. The van der Waals surface area contributed by atoms with Crippen molar-refractivity contribution in [2.75, 3.05) is 19.0 Å². The van der Waals surface area contributed by atoms with Crippen LogP contribution in [0.5, 0.6) is 0 Å². The minimum atomic E-state index is -0.487. The van der Waals surface area contributed by atoms with Crippen molar-refractivity contribution in [1.29, 1.82) is 0 Å². The van der Waals surface area contributed by atoms with Crippen molar-refractivity contribution in [1.82, 2.24) is 20.4 Å². The molecule has 0 fully saturated rings. The first-order valence-electron chi connectivity index (χ1n) is 6.35. The monoisotopic (exact) mass is 275 g/mol. The van der Waals surface area contributed by atoms with Gasteiger partial charge in [0.05, 0.1) is 13.3 Å². The maximum Gasteiger partial charge on any atom is 0.358 e. The Morgan fingerprint density at radius 2 is 2.25 bits per heavy atom. The Morgan fingerprint density at radius 1 is 1.40 bits per heavy atom. The van der Waals surface area contributed by atoms with E-state index in [1.807, 2.05) is 13.1 Å². The number of hydrogen-bond acceptors (Lipinski definition) is 6. The van der Waals surface area contributed by atoms with Crippen LogP contribution in [-0.4, -0.2) is 40.0 Å². The van der Waals surface area contributed by atoms with Crippen LogP contribution in [0.3, 0.4) is 0 Å². The topological polar surface area (TPSA) is 92.8 Å². The number of hydrogen-bond donors (Lipinski definition) is 2. The molecule has 0 amide bonds. The van der Waals surface area contributed by atoms with Gasteiger partial charge in [0, 0.05) is 12.2 Å². The maximum absolute atomic E-state index is 11.2. The van der Waals surface area contributed by atoms with Crippen LogP contribution in [0.1, 0.15) is 28.2 Å². The molecule has 2 N–H and O–H groups in total. The fraction of sp³-hybridized carbons (Fsp3) is 0.385. The molecule has 0 aromatic carbocycles. The lowest BCUT2D eigenvalue weighted by molar-refractivity contribution is 0.0593. The molecule has 0 bridgehead atoms. The Morgan fingerprint density at radius 3 is 2.85 bits per heavy atom. The molecule has 0 unspecified atom stereocenters. The van der Waals surface area contributed by atoms with E-state index in [9.17, 15) is 4.79 Å². The van der Waals surface area contributed by atoms with Gasteiger partial charge in [0.15, 0.2) is 5.69 Å². The number of ether oxygens (including phenoxy) is 1. The molecule has 7 heteroatoms. The molecule has 0 aliphatic carbocycles. The number of carbonyl (C=O) groups is 1. The Hall–Kier alpha value is -2.44. The average Bonchev–Trinajstić information content (AvgIpc) is 2.89. The SMILES string of the molecule is COC(=O)c1ccc(NCCCc2cn[nH]c2C)nn1. The van der Waals surface area contributed by atoms with Crippen molar-refractivity contribution in [3.63, 3.8) is 0 Å². The predicted octanol–water partition coefficient (Wildman–Crippen LogP) is 1.34. The van der Waals surface area contributed by atoms with Gasteiger partial charge in [0.25, 0.3) is 0 Å². The van der Waals surface area contributed by atoms with Gasteiger partial charge in [-0.2, -0.15) is 5.10 Å². The van der Waals surface area contributed by atoms with Gasteiger partial charge >= 0.3 is 5.97 Å². The Kier molecular flexibility index (Phi) is 4.65. The number of esters is 1. The third-order valence-corrected chi connectivity index (χ3v) is 2.92. The highest BCUT2D eigenvalue weighted by Crippen LogP contribution is 2.07. The fourth-order valence-corrected chi connectivity index (χ4v) is 1.76. The molecule has 0 saturated carbocycles. The molecule has 2 aromatic rings. The zero-order valence-electron chi connectivity index (χ0n) is 11.5. The summed E-state index contributed by atoms with van der Waals surface area (Å²) in [5.74, 6) is 0.154. The van der Waals surface area contributed by atoms with Crippen LogP contribution >= 0.6 is 0 Å². The van der Waals surface area contributed by atoms with Crippen molar-refractivity contribution in [3.8, 4) is 0 Å². The second-order valence-corrected chi connectivity index (χ2v) is 4.35. The minimum Gasteiger partial charge on any atom is -0.464 e. The molecule has 2 heterocycles. The highest BCUT2D eigenvalue weighted by molar-refractivity contribution is 5.86. The number of carbonyl (C=O) groups excluding carboxylic acids is 1. The number of methoxy groups -OCH3 is 1. The van der Waals surface area contributed by atoms with Crippen LogP contribution in [0, 0.1) is 6.92 Å². The summed E-state index contributed by atoms with van der Waals surface area (Å²) in [6.45, 7) is 2.78. The lowest BCUT2D eigenvalue weighted by atomic mass is 10.1. The minimum absolute atomic E-state index is 0.201. The van der Waals surface area contributed by atoms with Gasteiger partial charge in [-0.15, -0.1) is 10.2 Å². The third-order valence-electron chi connectivity index (χ3n) is 2.92. The average molecular weight is 275 g/mol. The summed E-state index contributed by atoms with van der Waals surface area (Å²) < 4.78 is 4.56. The molecular weight excluding hydrogens is 258 g/mol. The lowest BCUT2D eigenvalue weighted by Gasteiger charge is -2.05. The summed E-state index contributed by atoms with van der Waals surface area (Å²) in [5, 5.41) is 17.8. The van der Waals surface area contributed by atoms with Gasteiger partial charge in [-0.05, 0) is 37.5 Å². The quantitative estimate of drug-likeness (QED) is 0.610. The molecule has 0 saturated heterocycles. The molecule has 106 valence electrons. The van der Waals surface area contributed by atoms with Gasteiger partial charge in [0.1, 0.15) is 5.82 Å². The second-order valence-electron chi connectivity index (χ2n) is 4.35. The first-order chi connectivity index (χ1) is 9.70. The maximum atomic E-state index is 11.2. The summed E-state index contributed by atoms with van der Waals surface area (Å²) in [6, 6.07) is 3.30. The molecular formula is C13H17N5O2. The summed E-state index contributed by atoms with van der Waals surface area (Å²) in [4.78, 5) is 11.2. The van der Waals surface area contributed by atoms with E-state index in [0.29, 0.717) is 5.82 Å². The van der Waals surface area contributed by atoms with E-state index in [-0.39, 0.29) is 5.69 Å². The second kappa shape index (κ2) is 6.65. The number of H-pyrrole nitrogens is 1. The number of anilines is 1. The smallest absolute Gasteiger partial charge is 0.358 e. The molecule has 0 radical (unpaired) electrons. The zero-order valence-corrected chi connectivity index (χ0v) is 11.5. The fourth-order valence-electron chi connectivity index (χ4n) is 1.76. The largest absolute Gasteiger partial charge is 0.464 e. The van der Waals surface area contributed by atoms with Crippen molar-refractivity contribution < 1.29 is 9.53 Å². The van der Waals surface area contributed by atoms with E-state index in [1.54, 1.807) is 12.1 Å². The van der Waals surface area contributed by atoms with E-state index < -0.39 is 5.97 Å². The molecule has 2 aromatic heterocycles. The first-order valence-corrected chi connectivity index (χ1v) is 6.35.